The first-order valence-electron chi connectivity index (χ1n) is 10.3. The van der Waals surface area contributed by atoms with Crippen LogP contribution in [0.25, 0.3) is 11.0 Å². The summed E-state index contributed by atoms with van der Waals surface area (Å²) in [7, 11) is 0. The smallest absolute Gasteiger partial charge is 0.330 e. The Morgan fingerprint density at radius 2 is 1.73 bits per heavy atom. The molecule has 1 fully saturated rings. The summed E-state index contributed by atoms with van der Waals surface area (Å²) >= 11 is 0. The number of fused-ring (bicyclic) bond motifs is 1. The predicted molar refractivity (Wildman–Crippen MR) is 115 cm³/mol. The molecule has 2 heterocycles. The van der Waals surface area contributed by atoms with Gasteiger partial charge in [-0.3, -0.25) is 4.79 Å². The lowest BCUT2D eigenvalue weighted by atomic mass is 9.98. The molecule has 0 radical (unpaired) electrons. The van der Waals surface area contributed by atoms with E-state index in [1.54, 1.807) is 0 Å². The van der Waals surface area contributed by atoms with E-state index in [1.165, 1.54) is 0 Å². The summed E-state index contributed by atoms with van der Waals surface area (Å²) < 4.78 is 5.46. The number of nitrogens with zero attached hydrogens (tertiary/aromatic N) is 4. The molecule has 1 aliphatic heterocycles. The topological polar surface area (TPSA) is 79.1 Å². The van der Waals surface area contributed by atoms with Gasteiger partial charge >= 0.3 is 5.97 Å². The molecule has 0 saturated carbocycles. The standard InChI is InChI=1S/C24H24N4O2/c1-17-11-13-28(14-12-17)23-22(26-20-9-5-6-10-21(20)27-23)19(15-25)24(29)30-16-18-7-3-2-4-8-18/h2-10,17,19H,11-14,16H2,1H3/t19-/m1/s1. The number of anilines is 1. The number of esters is 1. The number of rotatable bonds is 5. The molecule has 3 aromatic rings. The molecule has 6 nitrogen and oxygen atoms in total. The molecule has 1 atom stereocenters. The zero-order chi connectivity index (χ0) is 20.9. The van der Waals surface area contributed by atoms with Gasteiger partial charge in [-0.2, -0.15) is 5.26 Å². The molecule has 1 aliphatic rings. The van der Waals surface area contributed by atoms with Crippen LogP contribution in [0.4, 0.5) is 5.82 Å². The van der Waals surface area contributed by atoms with Gasteiger partial charge in [-0.1, -0.05) is 49.4 Å². The highest BCUT2D eigenvalue weighted by atomic mass is 16.5. The van der Waals surface area contributed by atoms with Crippen molar-refractivity contribution in [2.45, 2.75) is 32.3 Å². The zero-order valence-electron chi connectivity index (χ0n) is 17.0. The van der Waals surface area contributed by atoms with Crippen LogP contribution in [0.15, 0.2) is 54.6 Å². The van der Waals surface area contributed by atoms with Crippen LogP contribution in [-0.2, 0) is 16.1 Å². The number of benzene rings is 2. The predicted octanol–water partition coefficient (Wildman–Crippen LogP) is 4.22. The highest BCUT2D eigenvalue weighted by Gasteiger charge is 2.31. The van der Waals surface area contributed by atoms with Gasteiger partial charge in [-0.15, -0.1) is 0 Å². The monoisotopic (exact) mass is 400 g/mol. The van der Waals surface area contributed by atoms with Crippen molar-refractivity contribution in [1.82, 2.24) is 9.97 Å². The van der Waals surface area contributed by atoms with Crippen LogP contribution >= 0.6 is 0 Å². The number of aromatic nitrogens is 2. The summed E-state index contributed by atoms with van der Waals surface area (Å²) in [4.78, 5) is 24.5. The first kappa shape index (κ1) is 19.8. The fourth-order valence-electron chi connectivity index (χ4n) is 3.69. The van der Waals surface area contributed by atoms with Gasteiger partial charge in [-0.05, 0) is 36.5 Å². The summed E-state index contributed by atoms with van der Waals surface area (Å²) in [5.41, 5.74) is 2.67. The molecule has 0 bridgehead atoms. The van der Waals surface area contributed by atoms with Crippen LogP contribution in [0, 0.1) is 17.2 Å². The van der Waals surface area contributed by atoms with Gasteiger partial charge in [-0.25, -0.2) is 9.97 Å². The average molecular weight is 400 g/mol. The number of ether oxygens (including phenoxy) is 1. The lowest BCUT2D eigenvalue weighted by Crippen LogP contribution is -2.35. The van der Waals surface area contributed by atoms with Crippen molar-refractivity contribution >= 4 is 22.8 Å². The minimum atomic E-state index is -1.12. The van der Waals surface area contributed by atoms with E-state index in [1.807, 2.05) is 54.6 Å². The molecule has 2 aromatic carbocycles. The maximum atomic E-state index is 12.8. The van der Waals surface area contributed by atoms with Crippen molar-refractivity contribution < 1.29 is 9.53 Å². The highest BCUT2D eigenvalue weighted by Crippen LogP contribution is 2.30. The molecule has 0 N–H and O–H groups in total. The van der Waals surface area contributed by atoms with Crippen molar-refractivity contribution in [3.8, 4) is 6.07 Å². The normalized spacial score (nSPS) is 15.5. The number of para-hydroxylation sites is 2. The van der Waals surface area contributed by atoms with Crippen LogP contribution in [-0.4, -0.2) is 29.0 Å². The number of nitriles is 1. The van der Waals surface area contributed by atoms with Crippen molar-refractivity contribution in [3.05, 3.63) is 65.9 Å². The summed E-state index contributed by atoms with van der Waals surface area (Å²) in [5.74, 6) is -0.456. The van der Waals surface area contributed by atoms with Gasteiger partial charge in [0.2, 0.25) is 0 Å². The largest absolute Gasteiger partial charge is 0.460 e. The van der Waals surface area contributed by atoms with E-state index in [4.69, 9.17) is 9.72 Å². The maximum Gasteiger partial charge on any atom is 0.330 e. The summed E-state index contributed by atoms with van der Waals surface area (Å²) in [6, 6.07) is 19.1. The van der Waals surface area contributed by atoms with Crippen LogP contribution in [0.2, 0.25) is 0 Å². The Balaban J connectivity index is 1.66. The highest BCUT2D eigenvalue weighted by molar-refractivity contribution is 5.85. The molecule has 0 spiro atoms. The molecule has 0 aliphatic carbocycles. The molecule has 6 heteroatoms. The fourth-order valence-corrected chi connectivity index (χ4v) is 3.69. The third-order valence-corrected chi connectivity index (χ3v) is 5.52. The fraction of sp³-hybridized carbons (Fsp3) is 0.333. The van der Waals surface area contributed by atoms with Crippen molar-refractivity contribution in [1.29, 1.82) is 5.26 Å². The first-order valence-corrected chi connectivity index (χ1v) is 10.3. The summed E-state index contributed by atoms with van der Waals surface area (Å²) in [6.07, 6.45) is 2.09. The van der Waals surface area contributed by atoms with E-state index in [-0.39, 0.29) is 6.61 Å². The van der Waals surface area contributed by atoms with Crippen molar-refractivity contribution in [2.24, 2.45) is 5.92 Å². The number of carbonyl (C=O) groups is 1. The van der Waals surface area contributed by atoms with Gasteiger partial charge in [0, 0.05) is 13.1 Å². The second-order valence-corrected chi connectivity index (χ2v) is 7.75. The zero-order valence-corrected chi connectivity index (χ0v) is 17.0. The quantitative estimate of drug-likeness (QED) is 0.597. The van der Waals surface area contributed by atoms with Crippen molar-refractivity contribution in [3.63, 3.8) is 0 Å². The molecule has 4 rings (SSSR count). The molecular formula is C24H24N4O2. The molecule has 0 amide bonds. The van der Waals surface area contributed by atoms with Crippen LogP contribution in [0.1, 0.15) is 36.9 Å². The molecule has 1 aromatic heterocycles. The lowest BCUT2D eigenvalue weighted by molar-refractivity contribution is -0.145. The van der Waals surface area contributed by atoms with Gasteiger partial charge in [0.1, 0.15) is 12.3 Å². The number of hydrogen-bond acceptors (Lipinski definition) is 6. The van der Waals surface area contributed by atoms with Crippen LogP contribution < -0.4 is 4.90 Å². The minimum Gasteiger partial charge on any atom is -0.460 e. The Kier molecular flexibility index (Phi) is 5.89. The van der Waals surface area contributed by atoms with E-state index in [0.717, 1.165) is 37.0 Å². The molecule has 152 valence electrons. The Labute approximate surface area is 176 Å². The Morgan fingerprint density at radius 1 is 1.10 bits per heavy atom. The number of hydrogen-bond donors (Lipinski definition) is 0. The average Bonchev–Trinajstić information content (AvgIpc) is 2.79. The Morgan fingerprint density at radius 3 is 2.40 bits per heavy atom. The van der Waals surface area contributed by atoms with Gasteiger partial charge < -0.3 is 9.64 Å². The maximum absolute atomic E-state index is 12.8. The van der Waals surface area contributed by atoms with E-state index in [0.29, 0.717) is 22.9 Å². The number of carbonyl (C=O) groups excluding carboxylic acids is 1. The van der Waals surface area contributed by atoms with Gasteiger partial charge in [0.05, 0.1) is 17.1 Å². The Hall–Kier alpha value is -3.46. The summed E-state index contributed by atoms with van der Waals surface area (Å²) in [6.45, 7) is 4.02. The SMILES string of the molecule is CC1CCN(c2nc3ccccc3nc2[C@@H](C#N)C(=O)OCc2ccccc2)CC1. The second-order valence-electron chi connectivity index (χ2n) is 7.75. The van der Waals surface area contributed by atoms with Gasteiger partial charge in [0.15, 0.2) is 11.7 Å². The van der Waals surface area contributed by atoms with E-state index in [2.05, 4.69) is 22.9 Å². The first-order chi connectivity index (χ1) is 14.7. The van der Waals surface area contributed by atoms with Crippen LogP contribution in [0.3, 0.4) is 0 Å². The third-order valence-electron chi connectivity index (χ3n) is 5.52. The lowest BCUT2D eigenvalue weighted by Gasteiger charge is -2.32. The Bertz CT molecular complexity index is 1070. The second kappa shape index (κ2) is 8.91. The third kappa shape index (κ3) is 4.25. The number of piperidine rings is 1. The summed E-state index contributed by atoms with van der Waals surface area (Å²) in [5, 5.41) is 9.85. The molecule has 1 saturated heterocycles. The molecular weight excluding hydrogens is 376 g/mol. The van der Waals surface area contributed by atoms with E-state index < -0.39 is 11.9 Å². The molecule has 30 heavy (non-hydrogen) atoms. The van der Waals surface area contributed by atoms with Crippen molar-refractivity contribution in [2.75, 3.05) is 18.0 Å². The minimum absolute atomic E-state index is 0.120. The van der Waals surface area contributed by atoms with Gasteiger partial charge in [0.25, 0.3) is 0 Å². The van der Waals surface area contributed by atoms with Crippen LogP contribution in [0.5, 0.6) is 0 Å². The van der Waals surface area contributed by atoms with E-state index >= 15 is 0 Å². The molecule has 0 unspecified atom stereocenters. The van der Waals surface area contributed by atoms with E-state index in [9.17, 15) is 10.1 Å².